The number of ether oxygens (including phenoxy) is 1. The largest absolute Gasteiger partial charge is 0.495 e. The molecular formula is C19H25NO3S. The first kappa shape index (κ1) is 18.5. The molecule has 0 N–H and O–H groups in total. The van der Waals surface area contributed by atoms with Gasteiger partial charge in [-0.3, -0.25) is 0 Å². The zero-order valence-corrected chi connectivity index (χ0v) is 15.7. The molecule has 0 saturated heterocycles. The van der Waals surface area contributed by atoms with E-state index in [1.807, 2.05) is 51.1 Å². The molecule has 0 radical (unpaired) electrons. The van der Waals surface area contributed by atoms with Crippen LogP contribution in [0.25, 0.3) is 0 Å². The van der Waals surface area contributed by atoms with Gasteiger partial charge >= 0.3 is 0 Å². The van der Waals surface area contributed by atoms with E-state index in [1.54, 1.807) is 19.2 Å². The number of nitrogens with zero attached hydrogens (tertiary/aromatic N) is 1. The molecule has 0 aliphatic rings. The second-order valence-corrected chi connectivity index (χ2v) is 8.12. The third-order valence-corrected chi connectivity index (χ3v) is 6.37. The minimum atomic E-state index is -3.63. The second kappa shape index (κ2) is 7.36. The van der Waals surface area contributed by atoms with Gasteiger partial charge in [-0.15, -0.1) is 0 Å². The molecule has 5 heteroatoms. The maximum Gasteiger partial charge on any atom is 0.246 e. The Morgan fingerprint density at radius 2 is 1.79 bits per heavy atom. The van der Waals surface area contributed by atoms with E-state index in [0.717, 1.165) is 11.1 Å². The molecule has 0 heterocycles. The van der Waals surface area contributed by atoms with Crippen LogP contribution >= 0.6 is 0 Å². The van der Waals surface area contributed by atoms with Crippen LogP contribution < -0.4 is 4.74 Å². The number of sulfonamides is 1. The number of rotatable bonds is 6. The van der Waals surface area contributed by atoms with Crippen LogP contribution in [0, 0.1) is 13.8 Å². The van der Waals surface area contributed by atoms with E-state index >= 15 is 0 Å². The van der Waals surface area contributed by atoms with Gasteiger partial charge < -0.3 is 4.74 Å². The monoisotopic (exact) mass is 347 g/mol. The van der Waals surface area contributed by atoms with E-state index in [4.69, 9.17) is 4.74 Å². The van der Waals surface area contributed by atoms with Gasteiger partial charge in [-0.1, -0.05) is 30.3 Å². The summed E-state index contributed by atoms with van der Waals surface area (Å²) in [4.78, 5) is 0.212. The molecule has 1 unspecified atom stereocenters. The standard InChI is InChI=1S/C19H25NO3S/c1-14-10-11-18(23-5)19(12-14)24(21,22)20(4)16(3)13-17-9-7-6-8-15(17)2/h6-12,16H,13H2,1-5H3. The summed E-state index contributed by atoms with van der Waals surface area (Å²) < 4.78 is 32.7. The highest BCUT2D eigenvalue weighted by Gasteiger charge is 2.28. The van der Waals surface area contributed by atoms with E-state index in [-0.39, 0.29) is 10.9 Å². The van der Waals surface area contributed by atoms with Crippen molar-refractivity contribution in [3.63, 3.8) is 0 Å². The molecule has 0 fully saturated rings. The van der Waals surface area contributed by atoms with Crippen molar-refractivity contribution in [1.82, 2.24) is 4.31 Å². The lowest BCUT2D eigenvalue weighted by molar-refractivity contribution is 0.375. The molecule has 24 heavy (non-hydrogen) atoms. The van der Waals surface area contributed by atoms with Crippen LogP contribution in [0.1, 0.15) is 23.6 Å². The summed E-state index contributed by atoms with van der Waals surface area (Å²) in [5.41, 5.74) is 3.21. The fraction of sp³-hybridized carbons (Fsp3) is 0.368. The Hall–Kier alpha value is -1.85. The van der Waals surface area contributed by atoms with E-state index in [2.05, 4.69) is 0 Å². The minimum absolute atomic E-state index is 0.165. The van der Waals surface area contributed by atoms with Crippen LogP contribution in [-0.4, -0.2) is 32.9 Å². The smallest absolute Gasteiger partial charge is 0.246 e. The molecule has 0 aromatic heterocycles. The van der Waals surface area contributed by atoms with Crippen molar-refractivity contribution in [2.75, 3.05) is 14.2 Å². The predicted octanol–water partition coefficient (Wildman–Crippen LogP) is 3.56. The highest BCUT2D eigenvalue weighted by Crippen LogP contribution is 2.28. The Balaban J connectivity index is 2.32. The van der Waals surface area contributed by atoms with Crippen molar-refractivity contribution in [3.05, 3.63) is 59.2 Å². The first-order valence-corrected chi connectivity index (χ1v) is 9.38. The first-order chi connectivity index (χ1) is 11.3. The predicted molar refractivity (Wildman–Crippen MR) is 97.0 cm³/mol. The summed E-state index contributed by atoms with van der Waals surface area (Å²) in [6, 6.07) is 13.1. The van der Waals surface area contributed by atoms with Crippen LogP contribution in [0.4, 0.5) is 0 Å². The third-order valence-electron chi connectivity index (χ3n) is 4.37. The van der Waals surface area contributed by atoms with Gasteiger partial charge in [0.2, 0.25) is 10.0 Å². The zero-order valence-electron chi connectivity index (χ0n) is 14.9. The molecular weight excluding hydrogens is 322 g/mol. The fourth-order valence-electron chi connectivity index (χ4n) is 2.66. The maximum absolute atomic E-state index is 13.0. The average molecular weight is 347 g/mol. The molecule has 0 spiro atoms. The highest BCUT2D eigenvalue weighted by atomic mass is 32.2. The third kappa shape index (κ3) is 3.79. The van der Waals surface area contributed by atoms with Crippen molar-refractivity contribution in [3.8, 4) is 5.75 Å². The van der Waals surface area contributed by atoms with E-state index in [0.29, 0.717) is 12.2 Å². The van der Waals surface area contributed by atoms with Crippen molar-refractivity contribution >= 4 is 10.0 Å². The van der Waals surface area contributed by atoms with Crippen LogP contribution in [-0.2, 0) is 16.4 Å². The van der Waals surface area contributed by atoms with Gasteiger partial charge in [0.25, 0.3) is 0 Å². The molecule has 1 atom stereocenters. The summed E-state index contributed by atoms with van der Waals surface area (Å²) in [6.45, 7) is 5.83. The van der Waals surface area contributed by atoms with Crippen LogP contribution in [0.2, 0.25) is 0 Å². The lowest BCUT2D eigenvalue weighted by Crippen LogP contribution is -2.36. The molecule has 0 aliphatic carbocycles. The lowest BCUT2D eigenvalue weighted by Gasteiger charge is -2.26. The Bertz CT molecular complexity index is 815. The summed E-state index contributed by atoms with van der Waals surface area (Å²) in [7, 11) is -0.516. The molecule has 130 valence electrons. The van der Waals surface area contributed by atoms with Crippen molar-refractivity contribution < 1.29 is 13.2 Å². The zero-order chi connectivity index (χ0) is 17.9. The number of hydrogen-bond acceptors (Lipinski definition) is 3. The van der Waals surface area contributed by atoms with Crippen molar-refractivity contribution in [2.24, 2.45) is 0 Å². The molecule has 2 rings (SSSR count). The van der Waals surface area contributed by atoms with Crippen molar-refractivity contribution in [1.29, 1.82) is 0 Å². The normalized spacial score (nSPS) is 13.1. The lowest BCUT2D eigenvalue weighted by atomic mass is 10.0. The van der Waals surface area contributed by atoms with Crippen molar-refractivity contribution in [2.45, 2.75) is 38.1 Å². The van der Waals surface area contributed by atoms with Crippen LogP contribution in [0.3, 0.4) is 0 Å². The minimum Gasteiger partial charge on any atom is -0.495 e. The quantitative estimate of drug-likeness (QED) is 0.803. The highest BCUT2D eigenvalue weighted by molar-refractivity contribution is 7.89. The molecule has 0 aliphatic heterocycles. The van der Waals surface area contributed by atoms with Crippen LogP contribution in [0.5, 0.6) is 5.75 Å². The van der Waals surface area contributed by atoms with E-state index < -0.39 is 10.0 Å². The number of methoxy groups -OCH3 is 1. The van der Waals surface area contributed by atoms with Gasteiger partial charge in [-0.2, -0.15) is 4.31 Å². The summed E-state index contributed by atoms with van der Waals surface area (Å²) in [5.74, 6) is 0.371. The number of benzene rings is 2. The Morgan fingerprint density at radius 3 is 2.42 bits per heavy atom. The molecule has 2 aromatic rings. The summed E-state index contributed by atoms with van der Waals surface area (Å²) in [6.07, 6.45) is 0.663. The van der Waals surface area contributed by atoms with Crippen LogP contribution in [0.15, 0.2) is 47.4 Å². The molecule has 0 bridgehead atoms. The number of hydrogen-bond donors (Lipinski definition) is 0. The van der Waals surface area contributed by atoms with E-state index in [9.17, 15) is 8.42 Å². The van der Waals surface area contributed by atoms with Gasteiger partial charge in [0.15, 0.2) is 0 Å². The van der Waals surface area contributed by atoms with E-state index in [1.165, 1.54) is 17.0 Å². The fourth-order valence-corrected chi connectivity index (χ4v) is 4.26. The first-order valence-electron chi connectivity index (χ1n) is 7.94. The number of aryl methyl sites for hydroxylation is 2. The molecule has 0 amide bonds. The Kier molecular flexibility index (Phi) is 5.67. The average Bonchev–Trinajstić information content (AvgIpc) is 2.56. The second-order valence-electron chi connectivity index (χ2n) is 6.16. The SMILES string of the molecule is COc1ccc(C)cc1S(=O)(=O)N(C)C(C)Cc1ccccc1C. The summed E-state index contributed by atoms with van der Waals surface area (Å²) in [5, 5.41) is 0. The van der Waals surface area contributed by atoms with Gasteiger partial charge in [-0.25, -0.2) is 8.42 Å². The van der Waals surface area contributed by atoms with Gasteiger partial charge in [0.05, 0.1) is 7.11 Å². The topological polar surface area (TPSA) is 46.6 Å². The number of likely N-dealkylation sites (N-methyl/N-ethyl adjacent to an activating group) is 1. The Labute approximate surface area is 145 Å². The molecule has 4 nitrogen and oxygen atoms in total. The Morgan fingerprint density at radius 1 is 1.12 bits per heavy atom. The van der Waals surface area contributed by atoms with Gasteiger partial charge in [0, 0.05) is 13.1 Å². The molecule has 2 aromatic carbocycles. The van der Waals surface area contributed by atoms with Gasteiger partial charge in [0.1, 0.15) is 10.6 Å². The molecule has 0 saturated carbocycles. The summed E-state index contributed by atoms with van der Waals surface area (Å²) >= 11 is 0. The van der Waals surface area contributed by atoms with Gasteiger partial charge in [-0.05, 0) is 56.0 Å². The maximum atomic E-state index is 13.0.